The molecule has 10 heteroatoms. The van der Waals surface area contributed by atoms with Gasteiger partial charge in [0.25, 0.3) is 11.8 Å². The first-order valence-electron chi connectivity index (χ1n) is 17.4. The second-order valence-corrected chi connectivity index (χ2v) is 13.0. The second-order valence-electron chi connectivity index (χ2n) is 12.1. The van der Waals surface area contributed by atoms with Gasteiger partial charge in [-0.05, 0) is 60.4 Å². The van der Waals surface area contributed by atoms with Gasteiger partial charge in [0.15, 0.2) is 16.7 Å². The lowest BCUT2D eigenvalue weighted by molar-refractivity contribution is -0.126. The Labute approximate surface area is 325 Å². The molecule has 55 heavy (non-hydrogen) atoms. The highest BCUT2D eigenvalue weighted by Gasteiger charge is 2.35. The van der Waals surface area contributed by atoms with E-state index >= 15 is 0 Å². The fourth-order valence-corrected chi connectivity index (χ4v) is 6.66. The molecule has 0 saturated heterocycles. The smallest absolute Gasteiger partial charge is 0.285 e. The standard InChI is InChI=1S/C45H40N4O5S/c1-5-8-24-37(7-3)49-44(52)38(26-31-25-34(17-6-2)42(39(27-31)53-4)54-29-36-23-16-15-22-35(36)28-46)43(51)48-45(49)55-30-40(50)47-41(32-18-11-9-12-19-32)33-20-13-10-14-21-33/h5-16,18-27,41H,1-2,17,29-30H2,3-4H3,(H,47,50)/b24-8-,37-7+,38-26+. The molecule has 1 heterocycles. The van der Waals surface area contributed by atoms with Crippen molar-refractivity contribution >= 4 is 40.7 Å². The van der Waals surface area contributed by atoms with Crippen LogP contribution in [0, 0.1) is 11.3 Å². The average Bonchev–Trinajstić information content (AvgIpc) is 3.21. The van der Waals surface area contributed by atoms with Crippen molar-refractivity contribution in [1.82, 2.24) is 10.2 Å². The molecule has 276 valence electrons. The molecule has 0 aromatic heterocycles. The first-order chi connectivity index (χ1) is 26.8. The SMILES string of the molecule is C=C/C=C\C(=C/C)N1C(=O)/C(=C/c2cc(CC=C)c(OCc3ccccc3C#N)c(OC)c2)C(=O)N=C1SCC(=O)NC(c1ccccc1)c1ccccc1. The van der Waals surface area contributed by atoms with Gasteiger partial charge in [-0.3, -0.25) is 19.3 Å². The van der Waals surface area contributed by atoms with Crippen LogP contribution in [0.1, 0.15) is 46.3 Å². The van der Waals surface area contributed by atoms with Gasteiger partial charge >= 0.3 is 0 Å². The summed E-state index contributed by atoms with van der Waals surface area (Å²) < 4.78 is 11.9. The van der Waals surface area contributed by atoms with Crippen molar-refractivity contribution < 1.29 is 23.9 Å². The highest BCUT2D eigenvalue weighted by atomic mass is 32.2. The van der Waals surface area contributed by atoms with Gasteiger partial charge in [-0.25, -0.2) is 0 Å². The van der Waals surface area contributed by atoms with Gasteiger partial charge in [0.1, 0.15) is 12.2 Å². The van der Waals surface area contributed by atoms with Crippen LogP contribution in [0.5, 0.6) is 11.5 Å². The molecular weight excluding hydrogens is 709 g/mol. The monoisotopic (exact) mass is 748 g/mol. The van der Waals surface area contributed by atoms with Crippen LogP contribution in [0.25, 0.3) is 6.08 Å². The maximum Gasteiger partial charge on any atom is 0.285 e. The Bertz CT molecular complexity index is 2200. The number of thioether (sulfide) groups is 1. The number of carbonyl (C=O) groups is 3. The van der Waals surface area contributed by atoms with Gasteiger partial charge in [-0.2, -0.15) is 10.3 Å². The Morgan fingerprint density at radius 1 is 0.982 bits per heavy atom. The maximum atomic E-state index is 14.3. The molecule has 5 rings (SSSR count). The molecule has 4 aromatic rings. The summed E-state index contributed by atoms with van der Waals surface area (Å²) in [6.45, 7) is 9.50. The largest absolute Gasteiger partial charge is 0.493 e. The number of amides is 3. The number of rotatable bonds is 15. The van der Waals surface area contributed by atoms with Crippen LogP contribution >= 0.6 is 11.8 Å². The zero-order valence-electron chi connectivity index (χ0n) is 30.6. The predicted octanol–water partition coefficient (Wildman–Crippen LogP) is 8.27. The van der Waals surface area contributed by atoms with E-state index in [1.165, 1.54) is 18.1 Å². The number of nitrogens with one attached hydrogen (secondary N) is 1. The molecule has 1 aliphatic heterocycles. The van der Waals surface area contributed by atoms with Gasteiger partial charge in [-0.1, -0.05) is 122 Å². The van der Waals surface area contributed by atoms with Crippen LogP contribution in [0.3, 0.4) is 0 Å². The van der Waals surface area contributed by atoms with Crippen LogP contribution in [0.4, 0.5) is 0 Å². The Morgan fingerprint density at radius 2 is 1.65 bits per heavy atom. The molecule has 0 fully saturated rings. The Kier molecular flexibility index (Phi) is 13.9. The van der Waals surface area contributed by atoms with E-state index in [1.807, 2.05) is 72.8 Å². The summed E-state index contributed by atoms with van der Waals surface area (Å²) in [5.41, 5.74) is 4.47. The third-order valence-electron chi connectivity index (χ3n) is 8.47. The lowest BCUT2D eigenvalue weighted by Gasteiger charge is -2.28. The van der Waals surface area contributed by atoms with E-state index in [2.05, 4.69) is 29.5 Å². The average molecular weight is 749 g/mol. The highest BCUT2D eigenvalue weighted by Crippen LogP contribution is 2.36. The van der Waals surface area contributed by atoms with E-state index in [-0.39, 0.29) is 29.0 Å². The number of hydrogen-bond donors (Lipinski definition) is 1. The third kappa shape index (κ3) is 9.84. The minimum absolute atomic E-state index is 0.0615. The van der Waals surface area contributed by atoms with Gasteiger partial charge in [-0.15, -0.1) is 6.58 Å². The first kappa shape index (κ1) is 39.5. The Morgan fingerprint density at radius 3 is 2.27 bits per heavy atom. The van der Waals surface area contributed by atoms with Crippen molar-refractivity contribution in [2.45, 2.75) is 26.0 Å². The summed E-state index contributed by atoms with van der Waals surface area (Å²) >= 11 is 0.989. The van der Waals surface area contributed by atoms with Crippen LogP contribution in [0.2, 0.25) is 0 Å². The van der Waals surface area contributed by atoms with Crippen LogP contribution in [0.15, 0.2) is 157 Å². The number of allylic oxidation sites excluding steroid dienone is 5. The summed E-state index contributed by atoms with van der Waals surface area (Å²) in [5.74, 6) is -0.981. The number of amidine groups is 1. The zero-order chi connectivity index (χ0) is 39.2. The van der Waals surface area contributed by atoms with E-state index in [9.17, 15) is 19.6 Å². The minimum atomic E-state index is -0.753. The van der Waals surface area contributed by atoms with E-state index < -0.39 is 17.9 Å². The molecule has 0 aliphatic carbocycles. The quantitative estimate of drug-likeness (QED) is 0.0563. The van der Waals surface area contributed by atoms with Crippen molar-refractivity contribution in [3.63, 3.8) is 0 Å². The topological polar surface area (TPSA) is 121 Å². The molecule has 0 radical (unpaired) electrons. The summed E-state index contributed by atoms with van der Waals surface area (Å²) in [6, 6.07) is 31.6. The molecule has 0 unspecified atom stereocenters. The van der Waals surface area contributed by atoms with Crippen LogP contribution in [-0.2, 0) is 27.4 Å². The van der Waals surface area contributed by atoms with Gasteiger partial charge in [0, 0.05) is 16.8 Å². The maximum absolute atomic E-state index is 14.3. The van der Waals surface area contributed by atoms with E-state index in [0.717, 1.165) is 22.9 Å². The van der Waals surface area contributed by atoms with E-state index in [0.29, 0.717) is 45.9 Å². The summed E-state index contributed by atoms with van der Waals surface area (Å²) in [7, 11) is 1.49. The number of nitrogens with zero attached hydrogens (tertiary/aromatic N) is 3. The fraction of sp³-hybridized carbons (Fsp3) is 0.133. The summed E-state index contributed by atoms with van der Waals surface area (Å²) in [5, 5.41) is 12.7. The van der Waals surface area contributed by atoms with Gasteiger partial charge in [0.2, 0.25) is 5.91 Å². The molecule has 0 bridgehead atoms. The first-order valence-corrected chi connectivity index (χ1v) is 18.4. The molecule has 0 spiro atoms. The molecule has 0 atom stereocenters. The normalized spacial score (nSPS) is 13.8. The molecule has 1 N–H and O–H groups in total. The van der Waals surface area contributed by atoms with Crippen molar-refractivity contribution in [2.75, 3.05) is 12.9 Å². The number of ether oxygens (including phenoxy) is 2. The minimum Gasteiger partial charge on any atom is -0.493 e. The summed E-state index contributed by atoms with van der Waals surface area (Å²) in [4.78, 5) is 47.1. The van der Waals surface area contributed by atoms with E-state index in [1.54, 1.807) is 61.6 Å². The Balaban J connectivity index is 1.45. The van der Waals surface area contributed by atoms with Crippen molar-refractivity contribution in [2.24, 2.45) is 4.99 Å². The van der Waals surface area contributed by atoms with Crippen molar-refractivity contribution in [1.29, 1.82) is 5.26 Å². The number of methoxy groups -OCH3 is 1. The second kappa shape index (κ2) is 19.4. The van der Waals surface area contributed by atoms with Crippen molar-refractivity contribution in [3.05, 3.63) is 185 Å². The third-order valence-corrected chi connectivity index (χ3v) is 9.41. The number of hydrogen-bond acceptors (Lipinski definition) is 7. The zero-order valence-corrected chi connectivity index (χ0v) is 31.4. The number of carbonyl (C=O) groups excluding carboxylic acids is 3. The number of nitriles is 1. The van der Waals surface area contributed by atoms with Crippen LogP contribution < -0.4 is 14.8 Å². The van der Waals surface area contributed by atoms with Crippen molar-refractivity contribution in [3.8, 4) is 17.6 Å². The van der Waals surface area contributed by atoms with Gasteiger partial charge < -0.3 is 14.8 Å². The lowest BCUT2D eigenvalue weighted by atomic mass is 9.99. The number of aliphatic imine (C=N–C) groups is 1. The molecule has 4 aromatic carbocycles. The highest BCUT2D eigenvalue weighted by molar-refractivity contribution is 8.14. The lowest BCUT2D eigenvalue weighted by Crippen LogP contribution is -2.42. The summed E-state index contributed by atoms with van der Waals surface area (Å²) in [6.07, 6.45) is 10.2. The Hall–Kier alpha value is -6.70. The predicted molar refractivity (Wildman–Crippen MR) is 218 cm³/mol. The molecular formula is C45H40N4O5S. The molecule has 9 nitrogen and oxygen atoms in total. The van der Waals surface area contributed by atoms with Crippen LogP contribution in [-0.4, -0.2) is 40.7 Å². The molecule has 1 aliphatic rings. The number of benzene rings is 4. The van der Waals surface area contributed by atoms with E-state index in [4.69, 9.17) is 9.47 Å². The van der Waals surface area contributed by atoms with Gasteiger partial charge in [0.05, 0.1) is 30.5 Å². The molecule has 3 amide bonds. The fourth-order valence-electron chi connectivity index (χ4n) is 5.85. The molecule has 0 saturated carbocycles.